The molecule has 0 aromatic heterocycles. The van der Waals surface area contributed by atoms with E-state index in [-0.39, 0.29) is 5.60 Å². The molecule has 2 heteroatoms. The second-order valence-electron chi connectivity index (χ2n) is 12.4. The number of benzene rings is 1. The number of hydrogen-bond acceptors (Lipinski definition) is 2. The van der Waals surface area contributed by atoms with Crippen LogP contribution in [0.15, 0.2) is 0 Å². The van der Waals surface area contributed by atoms with E-state index in [0.29, 0.717) is 11.2 Å². The third-order valence-corrected chi connectivity index (χ3v) is 8.18. The van der Waals surface area contributed by atoms with Gasteiger partial charge in [0.2, 0.25) is 0 Å². The van der Waals surface area contributed by atoms with Gasteiger partial charge in [0.25, 0.3) is 0 Å². The number of hydrogen-bond donors (Lipinski definition) is 1. The van der Waals surface area contributed by atoms with Gasteiger partial charge >= 0.3 is 0 Å². The summed E-state index contributed by atoms with van der Waals surface area (Å²) in [6.07, 6.45) is 13.9. The molecule has 32 heavy (non-hydrogen) atoms. The predicted octanol–water partition coefficient (Wildman–Crippen LogP) is 9.23. The molecule has 2 atom stereocenters. The van der Waals surface area contributed by atoms with Gasteiger partial charge in [-0.1, -0.05) is 66.7 Å². The third-order valence-electron chi connectivity index (χ3n) is 8.18. The van der Waals surface area contributed by atoms with E-state index in [1.54, 1.807) is 0 Å². The largest absolute Gasteiger partial charge is 0.507 e. The van der Waals surface area contributed by atoms with E-state index in [9.17, 15) is 5.11 Å². The Morgan fingerprint density at radius 3 is 2.19 bits per heavy atom. The normalized spacial score (nSPS) is 19.7. The fourth-order valence-electron chi connectivity index (χ4n) is 5.48. The minimum Gasteiger partial charge on any atom is -0.507 e. The van der Waals surface area contributed by atoms with E-state index < -0.39 is 0 Å². The van der Waals surface area contributed by atoms with Crippen LogP contribution in [0.1, 0.15) is 128 Å². The predicted molar refractivity (Wildman–Crippen MR) is 139 cm³/mol. The molecule has 0 amide bonds. The first-order valence-corrected chi connectivity index (χ1v) is 13.4. The summed E-state index contributed by atoms with van der Waals surface area (Å²) >= 11 is 0. The number of rotatable bonds is 12. The number of phenolic OH excluding ortho intramolecular Hbond substituents is 1. The topological polar surface area (TPSA) is 29.5 Å². The Morgan fingerprint density at radius 1 is 0.906 bits per heavy atom. The van der Waals surface area contributed by atoms with Crippen molar-refractivity contribution in [2.24, 2.45) is 17.3 Å². The average Bonchev–Trinajstić information content (AvgIpc) is 2.70. The second kappa shape index (κ2) is 11.3. The molecule has 1 aromatic rings. The van der Waals surface area contributed by atoms with Gasteiger partial charge in [-0.25, -0.2) is 0 Å². The van der Waals surface area contributed by atoms with Gasteiger partial charge in [-0.15, -0.1) is 0 Å². The van der Waals surface area contributed by atoms with Crippen LogP contribution in [0.25, 0.3) is 0 Å². The van der Waals surface area contributed by atoms with Crippen LogP contribution in [0.4, 0.5) is 0 Å². The highest BCUT2D eigenvalue weighted by molar-refractivity contribution is 5.58. The molecule has 184 valence electrons. The van der Waals surface area contributed by atoms with Gasteiger partial charge in [-0.3, -0.25) is 0 Å². The van der Waals surface area contributed by atoms with E-state index in [4.69, 9.17) is 4.74 Å². The first-order valence-electron chi connectivity index (χ1n) is 13.4. The SMILES string of the molecule is Cc1c(C)c2c(c(C)c1O)CCC(C)(CCCC(C)(C)CCCC(C)CCCC(C)C)O2. The zero-order chi connectivity index (χ0) is 24.1. The van der Waals surface area contributed by atoms with E-state index in [0.717, 1.165) is 53.5 Å². The van der Waals surface area contributed by atoms with E-state index in [1.165, 1.54) is 56.9 Å². The molecule has 0 saturated carbocycles. The van der Waals surface area contributed by atoms with Crippen LogP contribution in [0.2, 0.25) is 0 Å². The van der Waals surface area contributed by atoms with Crippen LogP contribution in [-0.4, -0.2) is 10.7 Å². The van der Waals surface area contributed by atoms with Crippen LogP contribution in [0.5, 0.6) is 11.5 Å². The highest BCUT2D eigenvalue weighted by Gasteiger charge is 2.34. The zero-order valence-corrected chi connectivity index (χ0v) is 22.8. The molecule has 1 aliphatic heterocycles. The number of aromatic hydroxyl groups is 1. The van der Waals surface area contributed by atoms with Crippen molar-refractivity contribution in [3.8, 4) is 11.5 Å². The molecule has 0 radical (unpaired) electrons. The first kappa shape index (κ1) is 27.1. The summed E-state index contributed by atoms with van der Waals surface area (Å²) in [5.74, 6) is 3.20. The minimum atomic E-state index is -0.0887. The molecule has 0 saturated heterocycles. The van der Waals surface area contributed by atoms with Gasteiger partial charge in [-0.2, -0.15) is 0 Å². The highest BCUT2D eigenvalue weighted by atomic mass is 16.5. The van der Waals surface area contributed by atoms with E-state index >= 15 is 0 Å². The molecule has 0 aliphatic carbocycles. The zero-order valence-electron chi connectivity index (χ0n) is 22.8. The molecular weight excluding hydrogens is 392 g/mol. The highest BCUT2D eigenvalue weighted by Crippen LogP contribution is 2.45. The van der Waals surface area contributed by atoms with Crippen molar-refractivity contribution in [1.82, 2.24) is 0 Å². The van der Waals surface area contributed by atoms with Crippen molar-refractivity contribution in [3.63, 3.8) is 0 Å². The van der Waals surface area contributed by atoms with Gasteiger partial charge in [0.15, 0.2) is 0 Å². The van der Waals surface area contributed by atoms with Gasteiger partial charge in [0, 0.05) is 5.56 Å². The Hall–Kier alpha value is -1.18. The van der Waals surface area contributed by atoms with Gasteiger partial charge < -0.3 is 9.84 Å². The van der Waals surface area contributed by atoms with Crippen LogP contribution in [-0.2, 0) is 6.42 Å². The Morgan fingerprint density at radius 2 is 1.53 bits per heavy atom. The monoisotopic (exact) mass is 444 g/mol. The van der Waals surface area contributed by atoms with Crippen molar-refractivity contribution in [2.75, 3.05) is 0 Å². The Bertz CT molecular complexity index is 746. The van der Waals surface area contributed by atoms with Crippen LogP contribution < -0.4 is 4.74 Å². The molecule has 1 aromatic carbocycles. The second-order valence-corrected chi connectivity index (χ2v) is 12.4. The first-order chi connectivity index (χ1) is 14.9. The van der Waals surface area contributed by atoms with E-state index in [1.807, 2.05) is 13.8 Å². The summed E-state index contributed by atoms with van der Waals surface area (Å²) in [6.45, 7) is 20.4. The van der Waals surface area contributed by atoms with Crippen molar-refractivity contribution in [1.29, 1.82) is 0 Å². The number of ether oxygens (including phenoxy) is 1. The smallest absolute Gasteiger partial charge is 0.127 e. The van der Waals surface area contributed by atoms with E-state index in [2.05, 4.69) is 48.5 Å². The summed E-state index contributed by atoms with van der Waals surface area (Å²) in [6, 6.07) is 0. The van der Waals surface area contributed by atoms with Crippen molar-refractivity contribution in [2.45, 2.75) is 139 Å². The molecule has 0 fully saturated rings. The summed E-state index contributed by atoms with van der Waals surface area (Å²) < 4.78 is 6.64. The summed E-state index contributed by atoms with van der Waals surface area (Å²) in [5.41, 5.74) is 4.61. The Labute approximate surface area is 199 Å². The molecule has 1 heterocycles. The molecular formula is C30H52O2. The minimum absolute atomic E-state index is 0.0887. The lowest BCUT2D eigenvalue weighted by Gasteiger charge is -2.38. The van der Waals surface area contributed by atoms with Crippen LogP contribution >= 0.6 is 0 Å². The standard InChI is InChI=1S/C30H52O2/c1-21(2)13-10-14-22(3)15-11-17-29(7,8)18-12-19-30(9)20-16-26-25(6)27(31)23(4)24(5)28(26)32-30/h21-22,31H,10-20H2,1-9H3. The molecule has 2 rings (SSSR count). The summed E-state index contributed by atoms with van der Waals surface area (Å²) in [7, 11) is 0. The van der Waals surface area contributed by atoms with Gasteiger partial charge in [-0.05, 0) is 100 Å². The van der Waals surface area contributed by atoms with Gasteiger partial charge in [0.05, 0.1) is 0 Å². The molecule has 2 unspecified atom stereocenters. The van der Waals surface area contributed by atoms with Crippen LogP contribution in [0.3, 0.4) is 0 Å². The lowest BCUT2D eigenvalue weighted by molar-refractivity contribution is 0.0490. The lowest BCUT2D eigenvalue weighted by Crippen LogP contribution is -2.37. The van der Waals surface area contributed by atoms with Crippen molar-refractivity contribution >= 4 is 0 Å². The summed E-state index contributed by atoms with van der Waals surface area (Å²) in [5, 5.41) is 10.4. The van der Waals surface area contributed by atoms with Gasteiger partial charge in [0.1, 0.15) is 17.1 Å². The molecule has 1 N–H and O–H groups in total. The van der Waals surface area contributed by atoms with Crippen molar-refractivity contribution < 1.29 is 9.84 Å². The Balaban J connectivity index is 1.80. The third kappa shape index (κ3) is 7.42. The molecule has 0 spiro atoms. The maximum atomic E-state index is 10.4. The van der Waals surface area contributed by atoms with Crippen molar-refractivity contribution in [3.05, 3.63) is 22.3 Å². The van der Waals surface area contributed by atoms with Crippen LogP contribution in [0, 0.1) is 38.0 Å². The lowest BCUT2D eigenvalue weighted by atomic mass is 9.78. The Kier molecular flexibility index (Phi) is 9.56. The maximum Gasteiger partial charge on any atom is 0.127 e. The summed E-state index contributed by atoms with van der Waals surface area (Å²) in [4.78, 5) is 0. The molecule has 1 aliphatic rings. The molecule has 0 bridgehead atoms. The molecule has 2 nitrogen and oxygen atoms in total. The average molecular weight is 445 g/mol. The maximum absolute atomic E-state index is 10.4. The fraction of sp³-hybridized carbons (Fsp3) is 0.800. The number of fused-ring (bicyclic) bond motifs is 1. The number of phenols is 1. The quantitative estimate of drug-likeness (QED) is 0.348. The fourth-order valence-corrected chi connectivity index (χ4v) is 5.48.